The van der Waals surface area contributed by atoms with Crippen LogP contribution in [-0.4, -0.2) is 31.6 Å². The van der Waals surface area contributed by atoms with Gasteiger partial charge >= 0.3 is 0 Å². The van der Waals surface area contributed by atoms with Gasteiger partial charge in [0.05, 0.1) is 24.4 Å². The standard InChI is InChI=1S/C24H22IN3O5S/c25-17-6-8-20-22(13-17)34(30,31)28-23(27-20)21(29)9-7-19(24-26-10-11-32-24)16-2-1-3-18(12-16)33-14-15-4-5-15/h1-3,6,8,10-13,15,19H,4-5,7,9,14H2,(H,27,28). The molecule has 10 heteroatoms. The van der Waals surface area contributed by atoms with Gasteiger partial charge in [-0.2, -0.15) is 8.42 Å². The summed E-state index contributed by atoms with van der Waals surface area (Å²) < 4.78 is 41.2. The summed E-state index contributed by atoms with van der Waals surface area (Å²) in [5, 5.41) is 2.88. The molecule has 1 atom stereocenters. The number of fused-ring (bicyclic) bond motifs is 1. The minimum atomic E-state index is -3.95. The van der Waals surface area contributed by atoms with Gasteiger partial charge in [-0.3, -0.25) is 4.79 Å². The van der Waals surface area contributed by atoms with Crippen LogP contribution in [0.1, 0.15) is 43.1 Å². The topological polar surface area (TPSA) is 111 Å². The van der Waals surface area contributed by atoms with Crippen molar-refractivity contribution in [1.82, 2.24) is 4.98 Å². The van der Waals surface area contributed by atoms with Gasteiger partial charge in [0, 0.05) is 9.99 Å². The molecule has 0 amide bonds. The van der Waals surface area contributed by atoms with E-state index in [9.17, 15) is 13.2 Å². The molecule has 1 saturated carbocycles. The molecule has 1 fully saturated rings. The predicted octanol–water partition coefficient (Wildman–Crippen LogP) is 4.76. The largest absolute Gasteiger partial charge is 0.493 e. The zero-order valence-corrected chi connectivity index (χ0v) is 21.1. The van der Waals surface area contributed by atoms with E-state index in [1.165, 1.54) is 25.2 Å². The van der Waals surface area contributed by atoms with Crippen molar-refractivity contribution in [2.24, 2.45) is 10.3 Å². The monoisotopic (exact) mass is 591 g/mol. The van der Waals surface area contributed by atoms with Crippen LogP contribution < -0.4 is 10.1 Å². The molecule has 5 rings (SSSR count). The number of carbonyl (C=O) groups is 1. The maximum atomic E-state index is 13.0. The molecule has 0 radical (unpaired) electrons. The van der Waals surface area contributed by atoms with Gasteiger partial charge in [-0.1, -0.05) is 12.1 Å². The van der Waals surface area contributed by atoms with Crippen LogP contribution in [0.2, 0.25) is 0 Å². The zero-order chi connectivity index (χ0) is 23.7. The number of sulfonamides is 1. The van der Waals surface area contributed by atoms with E-state index in [-0.39, 0.29) is 23.1 Å². The first-order valence-electron chi connectivity index (χ1n) is 11.0. The maximum Gasteiger partial charge on any atom is 0.286 e. The SMILES string of the molecule is O=C(CCC(c1cccc(OCC2CC2)c1)c1ncco1)C1=NS(=O)(=O)c2cc(I)ccc2N1. The van der Waals surface area contributed by atoms with Crippen molar-refractivity contribution < 1.29 is 22.4 Å². The molecule has 34 heavy (non-hydrogen) atoms. The summed E-state index contributed by atoms with van der Waals surface area (Å²) in [7, 11) is -3.95. The smallest absolute Gasteiger partial charge is 0.286 e. The van der Waals surface area contributed by atoms with Crippen molar-refractivity contribution in [2.75, 3.05) is 11.9 Å². The summed E-state index contributed by atoms with van der Waals surface area (Å²) in [6.07, 6.45) is 5.90. The number of aromatic nitrogens is 1. The zero-order valence-electron chi connectivity index (χ0n) is 18.1. The third kappa shape index (κ3) is 5.17. The lowest BCUT2D eigenvalue weighted by Gasteiger charge is -2.19. The lowest BCUT2D eigenvalue weighted by atomic mass is 9.92. The van der Waals surface area contributed by atoms with E-state index in [2.05, 4.69) is 14.7 Å². The Bertz CT molecular complexity index is 1350. The van der Waals surface area contributed by atoms with E-state index in [1.807, 2.05) is 46.9 Å². The second kappa shape index (κ2) is 9.49. The summed E-state index contributed by atoms with van der Waals surface area (Å²) in [5.41, 5.74) is 1.26. The van der Waals surface area contributed by atoms with Crippen LogP contribution in [0, 0.1) is 9.49 Å². The molecule has 1 aliphatic heterocycles. The highest BCUT2D eigenvalue weighted by Gasteiger charge is 2.29. The van der Waals surface area contributed by atoms with Gasteiger partial charge in [-0.25, -0.2) is 4.98 Å². The fourth-order valence-electron chi connectivity index (χ4n) is 3.81. The van der Waals surface area contributed by atoms with Crippen LogP contribution in [0.25, 0.3) is 0 Å². The van der Waals surface area contributed by atoms with Crippen LogP contribution >= 0.6 is 22.6 Å². The molecule has 1 N–H and O–H groups in total. The van der Waals surface area contributed by atoms with Crippen molar-refractivity contribution in [3.05, 3.63) is 69.9 Å². The Balaban J connectivity index is 1.33. The van der Waals surface area contributed by atoms with E-state index in [1.54, 1.807) is 18.3 Å². The highest BCUT2D eigenvalue weighted by atomic mass is 127. The summed E-state index contributed by atoms with van der Waals surface area (Å²) >= 11 is 2.03. The third-order valence-corrected chi connectivity index (χ3v) is 7.79. The van der Waals surface area contributed by atoms with Crippen LogP contribution in [-0.2, 0) is 14.8 Å². The number of carbonyl (C=O) groups excluding carboxylic acids is 1. The number of anilines is 1. The predicted molar refractivity (Wildman–Crippen MR) is 135 cm³/mol. The fraction of sp³-hybridized carbons (Fsp3) is 0.292. The Morgan fingerprint density at radius 1 is 1.24 bits per heavy atom. The van der Waals surface area contributed by atoms with E-state index in [0.29, 0.717) is 30.5 Å². The molecule has 0 spiro atoms. The molecule has 8 nitrogen and oxygen atoms in total. The minimum absolute atomic E-state index is 0.0568. The Morgan fingerprint density at radius 2 is 2.09 bits per heavy atom. The highest BCUT2D eigenvalue weighted by Crippen LogP contribution is 2.33. The van der Waals surface area contributed by atoms with Crippen molar-refractivity contribution in [3.8, 4) is 5.75 Å². The number of nitrogens with one attached hydrogen (secondary N) is 1. The first-order chi connectivity index (χ1) is 16.4. The van der Waals surface area contributed by atoms with Crippen molar-refractivity contribution in [2.45, 2.75) is 36.5 Å². The second-order valence-electron chi connectivity index (χ2n) is 8.39. The van der Waals surface area contributed by atoms with Crippen LogP contribution in [0.4, 0.5) is 5.69 Å². The average molecular weight is 591 g/mol. The summed E-state index contributed by atoms with van der Waals surface area (Å²) in [5.74, 6) is 1.02. The highest BCUT2D eigenvalue weighted by molar-refractivity contribution is 14.1. The number of ether oxygens (including phenoxy) is 1. The van der Waals surface area contributed by atoms with Gasteiger partial charge in [-0.15, -0.1) is 4.40 Å². The molecule has 1 aromatic heterocycles. The Hall–Kier alpha value is -2.73. The van der Waals surface area contributed by atoms with Gasteiger partial charge in [0.15, 0.2) is 11.6 Å². The fourth-order valence-corrected chi connectivity index (χ4v) is 5.67. The number of ketones is 1. The van der Waals surface area contributed by atoms with E-state index in [0.717, 1.165) is 14.9 Å². The lowest BCUT2D eigenvalue weighted by molar-refractivity contribution is -0.113. The van der Waals surface area contributed by atoms with Crippen LogP contribution in [0.15, 0.2) is 68.6 Å². The maximum absolute atomic E-state index is 13.0. The molecule has 3 aromatic rings. The van der Waals surface area contributed by atoms with E-state index in [4.69, 9.17) is 9.15 Å². The van der Waals surface area contributed by atoms with Crippen molar-refractivity contribution in [1.29, 1.82) is 0 Å². The van der Waals surface area contributed by atoms with Crippen LogP contribution in [0.5, 0.6) is 5.75 Å². The number of hydrogen-bond acceptors (Lipinski definition) is 7. The number of oxazole rings is 1. The summed E-state index contributed by atoms with van der Waals surface area (Å²) in [6, 6.07) is 12.6. The van der Waals surface area contributed by atoms with Crippen molar-refractivity contribution in [3.63, 3.8) is 0 Å². The van der Waals surface area contributed by atoms with Gasteiger partial charge in [0.2, 0.25) is 5.89 Å². The second-order valence-corrected chi connectivity index (χ2v) is 11.2. The number of halogens is 1. The van der Waals surface area contributed by atoms with E-state index < -0.39 is 15.8 Å². The Labute approximate surface area is 211 Å². The van der Waals surface area contributed by atoms with E-state index >= 15 is 0 Å². The van der Waals surface area contributed by atoms with Gasteiger partial charge in [0.25, 0.3) is 10.0 Å². The molecular weight excluding hydrogens is 569 g/mol. The van der Waals surface area contributed by atoms with Gasteiger partial charge in [0.1, 0.15) is 16.9 Å². The molecule has 0 saturated heterocycles. The normalized spacial score (nSPS) is 17.3. The summed E-state index contributed by atoms with van der Waals surface area (Å²) in [4.78, 5) is 17.3. The number of Topliss-reactive ketones (excluding diaryl/α,β-unsaturated/α-hetero) is 1. The first kappa shape index (κ1) is 23.0. The average Bonchev–Trinajstić information content (AvgIpc) is 3.50. The molecule has 176 valence electrons. The number of nitrogens with zero attached hydrogens (tertiary/aromatic N) is 2. The Morgan fingerprint density at radius 3 is 2.85 bits per heavy atom. The van der Waals surface area contributed by atoms with Gasteiger partial charge in [-0.05, 0) is 83.7 Å². The number of hydrogen-bond donors (Lipinski definition) is 1. The quantitative estimate of drug-likeness (QED) is 0.357. The molecule has 0 bridgehead atoms. The molecule has 1 aliphatic carbocycles. The third-order valence-electron chi connectivity index (χ3n) is 5.80. The van der Waals surface area contributed by atoms with Gasteiger partial charge < -0.3 is 14.5 Å². The molecule has 1 unspecified atom stereocenters. The lowest BCUT2D eigenvalue weighted by Crippen LogP contribution is -2.29. The first-order valence-corrected chi connectivity index (χ1v) is 13.5. The number of amidine groups is 1. The molecule has 2 aromatic carbocycles. The molecular formula is C24H22IN3O5S. The van der Waals surface area contributed by atoms with Crippen molar-refractivity contribution >= 4 is 49.9 Å². The van der Waals surface area contributed by atoms with Crippen LogP contribution in [0.3, 0.4) is 0 Å². The molecule has 2 aliphatic rings. The number of benzene rings is 2. The summed E-state index contributed by atoms with van der Waals surface area (Å²) in [6.45, 7) is 0.700. The Kier molecular flexibility index (Phi) is 6.43. The molecule has 2 heterocycles. The number of rotatable bonds is 9. The minimum Gasteiger partial charge on any atom is -0.493 e.